The third-order valence-electron chi connectivity index (χ3n) is 4.69. The summed E-state index contributed by atoms with van der Waals surface area (Å²) >= 11 is 2.22. The molecule has 11 heteroatoms. The van der Waals surface area contributed by atoms with Crippen LogP contribution in [0.15, 0.2) is 39.4 Å². The van der Waals surface area contributed by atoms with Crippen molar-refractivity contribution in [1.29, 1.82) is 0 Å². The van der Waals surface area contributed by atoms with Gasteiger partial charge in [0.1, 0.15) is 6.54 Å². The summed E-state index contributed by atoms with van der Waals surface area (Å²) in [6.07, 6.45) is 1.62. The van der Waals surface area contributed by atoms with E-state index >= 15 is 0 Å². The largest absolute Gasteiger partial charge is 0.324 e. The number of amides is 3. The molecule has 1 N–H and O–H groups in total. The quantitative estimate of drug-likeness (QED) is 0.638. The summed E-state index contributed by atoms with van der Waals surface area (Å²) in [4.78, 5) is 39.4. The maximum absolute atomic E-state index is 12.6. The molecule has 164 valence electrons. The molecule has 0 saturated carbocycles. The minimum Gasteiger partial charge on any atom is -0.324 e. The Morgan fingerprint density at radius 2 is 1.94 bits per heavy atom. The Hall–Kier alpha value is -2.47. The zero-order chi connectivity index (χ0) is 22.9. The van der Waals surface area contributed by atoms with E-state index in [4.69, 9.17) is 0 Å². The third-order valence-corrected chi connectivity index (χ3v) is 8.20. The van der Waals surface area contributed by atoms with Gasteiger partial charge in [0.15, 0.2) is 0 Å². The lowest BCUT2D eigenvalue weighted by Crippen LogP contribution is -2.36. The number of hydrogen-bond acceptors (Lipinski definition) is 7. The number of thiophene rings is 1. The fourth-order valence-corrected chi connectivity index (χ4v) is 5.36. The molecule has 0 radical (unpaired) electrons. The monoisotopic (exact) mass is 479 g/mol. The minimum absolute atomic E-state index is 0.0425. The van der Waals surface area contributed by atoms with E-state index in [2.05, 4.69) is 5.32 Å². The lowest BCUT2D eigenvalue weighted by atomic mass is 10.1. The number of nitrogens with one attached hydrogen (secondary N) is 1. The van der Waals surface area contributed by atoms with Crippen molar-refractivity contribution in [2.24, 2.45) is 0 Å². The molecule has 8 nitrogen and oxygen atoms in total. The number of rotatable bonds is 6. The van der Waals surface area contributed by atoms with E-state index in [1.807, 2.05) is 17.5 Å². The molecule has 31 heavy (non-hydrogen) atoms. The van der Waals surface area contributed by atoms with E-state index in [1.165, 1.54) is 37.6 Å². The van der Waals surface area contributed by atoms with E-state index < -0.39 is 33.6 Å². The zero-order valence-electron chi connectivity index (χ0n) is 17.3. The Kier molecular flexibility index (Phi) is 6.70. The van der Waals surface area contributed by atoms with Crippen LogP contribution < -0.4 is 5.32 Å². The second-order valence-electron chi connectivity index (χ2n) is 7.03. The molecular weight excluding hydrogens is 458 g/mol. The first-order valence-corrected chi connectivity index (χ1v) is 12.3. The van der Waals surface area contributed by atoms with Gasteiger partial charge in [0.2, 0.25) is 15.9 Å². The first-order chi connectivity index (χ1) is 14.5. The fourth-order valence-electron chi connectivity index (χ4n) is 2.79. The van der Waals surface area contributed by atoms with Crippen molar-refractivity contribution in [3.8, 4) is 0 Å². The summed E-state index contributed by atoms with van der Waals surface area (Å²) < 4.78 is 26.0. The van der Waals surface area contributed by atoms with Crippen molar-refractivity contribution in [3.63, 3.8) is 0 Å². The summed E-state index contributed by atoms with van der Waals surface area (Å²) in [6.45, 7) is 3.03. The number of aryl methyl sites for hydroxylation is 1. The second-order valence-corrected chi connectivity index (χ2v) is 11.2. The molecule has 0 unspecified atom stereocenters. The molecule has 1 aromatic carbocycles. The SMILES string of the molecule is Cc1cc(S(=O)(=O)N(C)C)cc(NC(=O)CN2C(=O)S/C(=C\c3cccs3)C2=O)c1C. The van der Waals surface area contributed by atoms with Crippen LogP contribution in [0.1, 0.15) is 16.0 Å². The number of imide groups is 1. The number of sulfonamides is 1. The predicted molar refractivity (Wildman–Crippen MR) is 122 cm³/mol. The van der Waals surface area contributed by atoms with E-state index in [1.54, 1.807) is 19.9 Å². The summed E-state index contributed by atoms with van der Waals surface area (Å²) in [5, 5.41) is 3.97. The highest BCUT2D eigenvalue weighted by Crippen LogP contribution is 2.33. The fraction of sp³-hybridized carbons (Fsp3) is 0.250. The van der Waals surface area contributed by atoms with Crippen LogP contribution in [0, 0.1) is 13.8 Å². The maximum atomic E-state index is 12.6. The average Bonchev–Trinajstić information content (AvgIpc) is 3.29. The summed E-state index contributed by atoms with van der Waals surface area (Å²) in [6, 6.07) is 6.57. The standard InChI is InChI=1S/C20H21N3O5S3/c1-12-8-15(31(27,28)22(3)4)10-16(13(12)2)21-18(24)11-23-19(25)17(30-20(23)26)9-14-6-5-7-29-14/h5-10H,11H2,1-4H3,(H,21,24)/b17-9-. The lowest BCUT2D eigenvalue weighted by Gasteiger charge is -2.17. The van der Waals surface area contributed by atoms with Gasteiger partial charge >= 0.3 is 0 Å². The van der Waals surface area contributed by atoms with E-state index in [0.29, 0.717) is 16.8 Å². The molecule has 1 saturated heterocycles. The van der Waals surface area contributed by atoms with Crippen LogP contribution >= 0.6 is 23.1 Å². The van der Waals surface area contributed by atoms with Gasteiger partial charge in [-0.2, -0.15) is 0 Å². The molecule has 0 spiro atoms. The Bertz CT molecular complexity index is 1180. The Balaban J connectivity index is 1.79. The normalized spacial score (nSPS) is 15.9. The predicted octanol–water partition coefficient (Wildman–Crippen LogP) is 3.29. The molecular formula is C20H21N3O5S3. The molecule has 1 aromatic heterocycles. The van der Waals surface area contributed by atoms with Gasteiger partial charge < -0.3 is 5.32 Å². The molecule has 0 atom stereocenters. The Morgan fingerprint density at radius 3 is 2.55 bits per heavy atom. The smallest absolute Gasteiger partial charge is 0.294 e. The summed E-state index contributed by atoms with van der Waals surface area (Å²) in [7, 11) is -0.847. The number of carbonyl (C=O) groups excluding carboxylic acids is 3. The molecule has 2 heterocycles. The van der Waals surface area contributed by atoms with Crippen LogP contribution in [0.4, 0.5) is 10.5 Å². The van der Waals surface area contributed by atoms with Crippen molar-refractivity contribution in [2.45, 2.75) is 18.7 Å². The van der Waals surface area contributed by atoms with Crippen LogP contribution in [-0.2, 0) is 19.6 Å². The number of hydrogen-bond donors (Lipinski definition) is 1. The van der Waals surface area contributed by atoms with Crippen LogP contribution in [0.2, 0.25) is 0 Å². The number of benzene rings is 1. The first kappa shape index (κ1) is 23.2. The van der Waals surface area contributed by atoms with Crippen LogP contribution in [-0.4, -0.2) is 55.3 Å². The molecule has 1 aliphatic rings. The van der Waals surface area contributed by atoms with Crippen LogP contribution in [0.5, 0.6) is 0 Å². The minimum atomic E-state index is -3.69. The number of thioether (sulfide) groups is 1. The highest BCUT2D eigenvalue weighted by molar-refractivity contribution is 8.18. The van der Waals surface area contributed by atoms with Gasteiger partial charge in [0, 0.05) is 24.7 Å². The van der Waals surface area contributed by atoms with Crippen molar-refractivity contribution in [1.82, 2.24) is 9.21 Å². The molecule has 0 bridgehead atoms. The van der Waals surface area contributed by atoms with Crippen molar-refractivity contribution in [2.75, 3.05) is 26.0 Å². The van der Waals surface area contributed by atoms with Crippen molar-refractivity contribution in [3.05, 3.63) is 50.6 Å². The van der Waals surface area contributed by atoms with Gasteiger partial charge in [0.05, 0.1) is 9.80 Å². The first-order valence-electron chi connectivity index (χ1n) is 9.13. The highest BCUT2D eigenvalue weighted by Gasteiger charge is 2.36. The maximum Gasteiger partial charge on any atom is 0.294 e. The molecule has 3 rings (SSSR count). The second kappa shape index (κ2) is 8.95. The summed E-state index contributed by atoms with van der Waals surface area (Å²) in [5.41, 5.74) is 1.69. The van der Waals surface area contributed by atoms with Gasteiger partial charge in [-0.3, -0.25) is 19.3 Å². The average molecular weight is 480 g/mol. The van der Waals surface area contributed by atoms with Crippen molar-refractivity contribution < 1.29 is 22.8 Å². The van der Waals surface area contributed by atoms with Gasteiger partial charge in [-0.25, -0.2) is 12.7 Å². The third kappa shape index (κ3) is 4.90. The molecule has 1 fully saturated rings. The molecule has 0 aliphatic carbocycles. The Morgan fingerprint density at radius 1 is 1.23 bits per heavy atom. The highest BCUT2D eigenvalue weighted by atomic mass is 32.2. The lowest BCUT2D eigenvalue weighted by molar-refractivity contribution is -0.127. The van der Waals surface area contributed by atoms with Gasteiger partial charge in [-0.15, -0.1) is 11.3 Å². The van der Waals surface area contributed by atoms with Gasteiger partial charge in [-0.1, -0.05) is 6.07 Å². The molecule has 1 aliphatic heterocycles. The van der Waals surface area contributed by atoms with Crippen molar-refractivity contribution >= 4 is 61.9 Å². The number of carbonyl (C=O) groups is 3. The van der Waals surface area contributed by atoms with E-state index in [0.717, 1.165) is 25.8 Å². The van der Waals surface area contributed by atoms with E-state index in [9.17, 15) is 22.8 Å². The Labute approximate surface area is 189 Å². The zero-order valence-corrected chi connectivity index (χ0v) is 19.8. The molecule has 3 amide bonds. The topological polar surface area (TPSA) is 104 Å². The van der Waals surface area contributed by atoms with Gasteiger partial charge in [0.25, 0.3) is 11.1 Å². The van der Waals surface area contributed by atoms with Crippen LogP contribution in [0.3, 0.4) is 0 Å². The number of anilines is 1. The van der Waals surface area contributed by atoms with Gasteiger partial charge in [-0.05, 0) is 66.4 Å². The summed E-state index contributed by atoms with van der Waals surface area (Å²) in [5.74, 6) is -1.13. The van der Waals surface area contributed by atoms with E-state index in [-0.39, 0.29) is 9.80 Å². The molecule has 2 aromatic rings. The number of nitrogens with zero attached hydrogens (tertiary/aromatic N) is 2. The van der Waals surface area contributed by atoms with Crippen LogP contribution in [0.25, 0.3) is 6.08 Å².